The second-order valence-corrected chi connectivity index (χ2v) is 25.0. The van der Waals surface area contributed by atoms with Crippen LogP contribution in [0.4, 0.5) is 0 Å². The van der Waals surface area contributed by atoms with Crippen molar-refractivity contribution in [2.24, 2.45) is 0 Å². The highest BCUT2D eigenvalue weighted by molar-refractivity contribution is 5.69. The van der Waals surface area contributed by atoms with Crippen molar-refractivity contribution in [2.45, 2.75) is 122 Å². The summed E-state index contributed by atoms with van der Waals surface area (Å²) in [5, 5.41) is 11.1. The lowest BCUT2D eigenvalue weighted by atomic mass is 10.0. The molecule has 1 aliphatic heterocycles. The first kappa shape index (κ1) is 106. The Hall–Kier alpha value is -1.73. The van der Waals surface area contributed by atoms with Crippen molar-refractivity contribution >= 4 is 5.97 Å². The maximum absolute atomic E-state index is 13.0. The summed E-state index contributed by atoms with van der Waals surface area (Å²) in [6.45, 7) is 27.0. The topological polar surface area (TPSA) is 314 Å². The largest absolute Gasteiger partial charge is 0.457 e. The smallest absolute Gasteiger partial charge is 0.306 e. The van der Waals surface area contributed by atoms with Crippen LogP contribution in [0, 0.1) is 0 Å². The molecule has 2 atom stereocenters. The zero-order valence-corrected chi connectivity index (χ0v) is 68.1. The van der Waals surface area contributed by atoms with Crippen LogP contribution in [0.3, 0.4) is 0 Å². The molecule has 0 amide bonds. The number of hydrogen-bond donors (Lipinski definition) is 1. The summed E-state index contributed by atoms with van der Waals surface area (Å²) in [4.78, 5) is 13.0. The summed E-state index contributed by atoms with van der Waals surface area (Å²) in [5.41, 5.74) is 0. The van der Waals surface area contributed by atoms with E-state index in [-0.39, 0.29) is 38.8 Å². The van der Waals surface area contributed by atoms with Crippen LogP contribution in [0.1, 0.15) is 110 Å². The average molecular weight is 1600 g/mol. The van der Waals surface area contributed by atoms with Gasteiger partial charge in [0.1, 0.15) is 6.10 Å². The van der Waals surface area contributed by atoms with E-state index in [9.17, 15) is 9.90 Å². The lowest BCUT2D eigenvalue weighted by molar-refractivity contribution is -0.164. The third-order valence-corrected chi connectivity index (χ3v) is 15.7. The van der Waals surface area contributed by atoms with Crippen LogP contribution in [0.2, 0.25) is 0 Å². The van der Waals surface area contributed by atoms with Gasteiger partial charge in [-0.2, -0.15) is 0 Å². The van der Waals surface area contributed by atoms with Gasteiger partial charge < -0.3 is 147 Å². The molecule has 1 saturated heterocycles. The molecule has 1 aliphatic rings. The molecule has 0 aliphatic carbocycles. The first-order valence-corrected chi connectivity index (χ1v) is 41.4. The highest BCUT2D eigenvalue weighted by atomic mass is 16.6. The monoisotopic (exact) mass is 1600 g/mol. The SMILES string of the molecule is CCCCCCCCCCCCCCCCCC(=O)OC1COCCOCCOCCOCCOCCOCCOCCOCCOCCOCCOCCOCCOCCOCCOCCOCCOCCOCCOCCOCCOCCOCCOCCOCCOCCOCCOCCOCCOCC1O. The molecule has 0 saturated carbocycles. The van der Waals surface area contributed by atoms with Crippen molar-refractivity contribution < 1.29 is 152 Å². The Bertz CT molecular complexity index is 1680. The zero-order valence-electron chi connectivity index (χ0n) is 68.1. The minimum atomic E-state index is -1.10. The Balaban J connectivity index is 2.28. The first-order valence-electron chi connectivity index (χ1n) is 41.4. The fourth-order valence-corrected chi connectivity index (χ4v) is 9.66. The quantitative estimate of drug-likeness (QED) is 0.129. The predicted octanol–water partition coefficient (Wildman–Crippen LogP) is 6.02. The summed E-state index contributed by atoms with van der Waals surface area (Å²) < 4.78 is 168. The minimum Gasteiger partial charge on any atom is -0.457 e. The molecular weight excluding hydrogens is 1450 g/mol. The van der Waals surface area contributed by atoms with E-state index in [1.165, 1.54) is 77.0 Å². The summed E-state index contributed by atoms with van der Waals surface area (Å²) in [6, 6.07) is 0. The summed E-state index contributed by atoms with van der Waals surface area (Å²) in [5.74, 6) is -0.362. The molecule has 1 heterocycles. The van der Waals surface area contributed by atoms with Gasteiger partial charge in [-0.15, -0.1) is 0 Å². The van der Waals surface area contributed by atoms with Crippen molar-refractivity contribution in [3.63, 3.8) is 0 Å². The van der Waals surface area contributed by atoms with Crippen LogP contribution in [-0.2, 0) is 147 Å². The number of aliphatic hydroxyl groups is 1. The van der Waals surface area contributed by atoms with Crippen molar-refractivity contribution in [3.05, 3.63) is 0 Å². The molecule has 0 spiro atoms. The van der Waals surface area contributed by atoms with E-state index < -0.39 is 12.2 Å². The molecule has 658 valence electrons. The summed E-state index contributed by atoms with van der Waals surface area (Å²) >= 11 is 0. The molecular formula is C78H154O32. The number of ether oxygens (including phenoxy) is 30. The molecule has 0 bridgehead atoms. The van der Waals surface area contributed by atoms with E-state index in [2.05, 4.69) is 6.92 Å². The van der Waals surface area contributed by atoms with Crippen LogP contribution < -0.4 is 0 Å². The molecule has 2 unspecified atom stereocenters. The lowest BCUT2D eigenvalue weighted by Crippen LogP contribution is -2.39. The van der Waals surface area contributed by atoms with E-state index in [0.29, 0.717) is 357 Å². The van der Waals surface area contributed by atoms with Crippen LogP contribution >= 0.6 is 0 Å². The molecule has 32 nitrogen and oxygen atoms in total. The molecule has 0 aromatic heterocycles. The molecule has 110 heavy (non-hydrogen) atoms. The normalized spacial score (nSPS) is 23.0. The fraction of sp³-hybridized carbons (Fsp3) is 0.987. The minimum absolute atomic E-state index is 0.00727. The molecule has 0 radical (unpaired) electrons. The number of rotatable bonds is 17. The molecule has 0 aromatic carbocycles. The van der Waals surface area contributed by atoms with Crippen molar-refractivity contribution in [2.75, 3.05) is 383 Å². The average Bonchev–Trinajstić information content (AvgIpc) is 0.924. The highest BCUT2D eigenvalue weighted by Crippen LogP contribution is 2.15. The van der Waals surface area contributed by atoms with Crippen LogP contribution in [0.15, 0.2) is 0 Å². The first-order chi connectivity index (χ1) is 54.7. The second kappa shape index (κ2) is 97.8. The maximum Gasteiger partial charge on any atom is 0.306 e. The van der Waals surface area contributed by atoms with Crippen LogP contribution in [0.5, 0.6) is 0 Å². The number of hydrogen-bond acceptors (Lipinski definition) is 32. The van der Waals surface area contributed by atoms with Crippen molar-refractivity contribution in [3.8, 4) is 0 Å². The molecule has 0 aromatic rings. The van der Waals surface area contributed by atoms with E-state index in [1.807, 2.05) is 0 Å². The Morgan fingerprint density at radius 1 is 0.200 bits per heavy atom. The Kier molecular flexibility index (Phi) is 94.5. The highest BCUT2D eigenvalue weighted by Gasteiger charge is 2.24. The third kappa shape index (κ3) is 91.8. The van der Waals surface area contributed by atoms with Gasteiger partial charge in [-0.05, 0) is 6.42 Å². The van der Waals surface area contributed by atoms with Gasteiger partial charge in [-0.3, -0.25) is 4.79 Å². The van der Waals surface area contributed by atoms with Crippen molar-refractivity contribution in [1.29, 1.82) is 0 Å². The Labute approximate surface area is 660 Å². The van der Waals surface area contributed by atoms with Gasteiger partial charge in [0.05, 0.1) is 383 Å². The van der Waals surface area contributed by atoms with Gasteiger partial charge >= 0.3 is 5.97 Å². The standard InChI is InChI=1S/C78H154O32/c1-2-3-4-5-6-7-8-9-10-11-12-13-14-15-16-17-78(80)110-77-75-109-73-71-107-69-67-105-65-63-103-61-59-101-57-55-99-53-51-97-49-47-95-45-43-93-41-39-91-37-35-89-33-31-87-29-27-85-25-23-83-21-19-81-18-20-82-22-24-84-26-28-86-30-32-88-34-36-90-38-40-92-42-44-94-46-48-96-50-52-98-54-56-100-58-60-102-62-64-104-66-68-106-70-72-108-74-76(77)79/h76-77,79H,2-75H2,1H3. The fourth-order valence-electron chi connectivity index (χ4n) is 9.66. The summed E-state index contributed by atoms with van der Waals surface area (Å²) in [7, 11) is 0. The van der Waals surface area contributed by atoms with Gasteiger partial charge in [0, 0.05) is 6.42 Å². The molecule has 32 heteroatoms. The number of unbranched alkanes of at least 4 members (excludes halogenated alkanes) is 14. The number of esters is 1. The van der Waals surface area contributed by atoms with Gasteiger partial charge in [-0.1, -0.05) is 96.8 Å². The van der Waals surface area contributed by atoms with Crippen molar-refractivity contribution in [1.82, 2.24) is 0 Å². The van der Waals surface area contributed by atoms with Gasteiger partial charge in [0.15, 0.2) is 6.10 Å². The maximum atomic E-state index is 13.0. The van der Waals surface area contributed by atoms with E-state index >= 15 is 0 Å². The van der Waals surface area contributed by atoms with Gasteiger partial charge in [0.25, 0.3) is 0 Å². The molecule has 1 N–H and O–H groups in total. The third-order valence-electron chi connectivity index (χ3n) is 15.7. The van der Waals surface area contributed by atoms with E-state index in [4.69, 9.17) is 142 Å². The van der Waals surface area contributed by atoms with Gasteiger partial charge in [-0.25, -0.2) is 0 Å². The number of carbonyl (C=O) groups excluding carboxylic acids is 1. The van der Waals surface area contributed by atoms with Crippen LogP contribution in [0.25, 0.3) is 0 Å². The lowest BCUT2D eigenvalue weighted by Gasteiger charge is -2.23. The molecule has 1 fully saturated rings. The van der Waals surface area contributed by atoms with E-state index in [0.717, 1.165) is 19.3 Å². The Morgan fingerprint density at radius 2 is 0.327 bits per heavy atom. The van der Waals surface area contributed by atoms with Crippen LogP contribution in [-0.4, -0.2) is 406 Å². The number of carbonyl (C=O) groups is 1. The number of aliphatic hydroxyl groups excluding tert-OH is 1. The predicted molar refractivity (Wildman–Crippen MR) is 409 cm³/mol. The summed E-state index contributed by atoms with van der Waals surface area (Å²) in [6.07, 6.45) is 16.9. The van der Waals surface area contributed by atoms with E-state index in [1.54, 1.807) is 0 Å². The second-order valence-electron chi connectivity index (χ2n) is 25.0. The zero-order chi connectivity index (χ0) is 78.3. The molecule has 1 rings (SSSR count). The Morgan fingerprint density at radius 3 is 0.482 bits per heavy atom. The van der Waals surface area contributed by atoms with Gasteiger partial charge in [0.2, 0.25) is 0 Å².